The Morgan fingerprint density at radius 1 is 1.16 bits per heavy atom. The molecule has 0 fully saturated rings. The Hall–Kier alpha value is -2.44. The number of rotatable bonds is 7. The van der Waals surface area contributed by atoms with Gasteiger partial charge in [0.15, 0.2) is 18.1 Å². The lowest BCUT2D eigenvalue weighted by molar-refractivity contribution is -0.119. The van der Waals surface area contributed by atoms with Crippen LogP contribution in [0.25, 0.3) is 0 Å². The van der Waals surface area contributed by atoms with Crippen LogP contribution in [0, 0.1) is 0 Å². The van der Waals surface area contributed by atoms with Gasteiger partial charge in [0.1, 0.15) is 0 Å². The molecule has 0 bridgehead atoms. The fraction of sp³-hybridized carbons (Fsp3) is 0.176. The third-order valence-electron chi connectivity index (χ3n) is 3.25. The van der Waals surface area contributed by atoms with E-state index < -0.39 is 5.91 Å². The molecule has 2 aromatic rings. The first-order valence-electron chi connectivity index (χ1n) is 7.22. The Kier molecular flexibility index (Phi) is 6.50. The molecule has 0 aliphatic rings. The molecule has 2 amide bonds. The van der Waals surface area contributed by atoms with Crippen LogP contribution in [0.5, 0.6) is 11.5 Å². The molecular formula is C17H16Cl2N2O4. The second-order valence-electron chi connectivity index (χ2n) is 5.02. The van der Waals surface area contributed by atoms with Gasteiger partial charge in [-0.15, -0.1) is 0 Å². The van der Waals surface area contributed by atoms with Crippen molar-refractivity contribution in [3.63, 3.8) is 0 Å². The van der Waals surface area contributed by atoms with E-state index in [1.54, 1.807) is 6.07 Å². The molecule has 3 N–H and O–H groups in total. The monoisotopic (exact) mass is 382 g/mol. The lowest BCUT2D eigenvalue weighted by Gasteiger charge is -2.13. The van der Waals surface area contributed by atoms with E-state index in [1.165, 1.54) is 19.2 Å². The minimum absolute atomic E-state index is 0.128. The number of benzene rings is 2. The van der Waals surface area contributed by atoms with Gasteiger partial charge in [-0.25, -0.2) is 0 Å². The number of amides is 2. The molecule has 0 aliphatic carbocycles. The Bertz CT molecular complexity index is 796. The largest absolute Gasteiger partial charge is 0.493 e. The Balaban J connectivity index is 2.15. The predicted molar refractivity (Wildman–Crippen MR) is 95.3 cm³/mol. The van der Waals surface area contributed by atoms with Gasteiger partial charge < -0.3 is 20.5 Å². The molecular weight excluding hydrogens is 367 g/mol. The van der Waals surface area contributed by atoms with Crippen molar-refractivity contribution >= 4 is 35.0 Å². The summed E-state index contributed by atoms with van der Waals surface area (Å²) in [6.07, 6.45) is 0. The highest BCUT2D eigenvalue weighted by Crippen LogP contribution is 2.36. The van der Waals surface area contributed by atoms with E-state index in [4.69, 9.17) is 38.4 Å². The summed E-state index contributed by atoms with van der Waals surface area (Å²) < 4.78 is 10.4. The molecule has 0 unspecified atom stereocenters. The molecule has 0 heterocycles. The molecule has 2 aromatic carbocycles. The SMILES string of the molecule is COc1cc(C(=O)NCc2ccccc2Cl)cc(Cl)c1OCC(N)=O. The number of methoxy groups -OCH3 is 1. The number of carbonyl (C=O) groups excluding carboxylic acids is 2. The molecule has 132 valence electrons. The molecule has 0 aliphatic heterocycles. The van der Waals surface area contributed by atoms with Gasteiger partial charge in [-0.1, -0.05) is 41.4 Å². The number of hydrogen-bond acceptors (Lipinski definition) is 4. The van der Waals surface area contributed by atoms with Crippen molar-refractivity contribution in [1.29, 1.82) is 0 Å². The Labute approximate surface area is 154 Å². The second-order valence-corrected chi connectivity index (χ2v) is 5.83. The highest BCUT2D eigenvalue weighted by Gasteiger charge is 2.16. The van der Waals surface area contributed by atoms with Crippen LogP contribution in [0.4, 0.5) is 0 Å². The molecule has 8 heteroatoms. The van der Waals surface area contributed by atoms with Crippen molar-refractivity contribution in [1.82, 2.24) is 5.32 Å². The summed E-state index contributed by atoms with van der Waals surface area (Å²) in [5.74, 6) is -0.650. The number of nitrogens with one attached hydrogen (secondary N) is 1. The summed E-state index contributed by atoms with van der Waals surface area (Å²) in [5.41, 5.74) is 6.11. The van der Waals surface area contributed by atoms with Crippen molar-refractivity contribution in [3.8, 4) is 11.5 Å². The van der Waals surface area contributed by atoms with Gasteiger partial charge in [-0.3, -0.25) is 9.59 Å². The van der Waals surface area contributed by atoms with E-state index in [1.807, 2.05) is 18.2 Å². The van der Waals surface area contributed by atoms with Gasteiger partial charge >= 0.3 is 0 Å². The van der Waals surface area contributed by atoms with Crippen molar-refractivity contribution < 1.29 is 19.1 Å². The number of nitrogens with two attached hydrogens (primary N) is 1. The van der Waals surface area contributed by atoms with Crippen molar-refractivity contribution in [2.45, 2.75) is 6.54 Å². The average molecular weight is 383 g/mol. The number of primary amides is 1. The van der Waals surface area contributed by atoms with Gasteiger partial charge in [-0.2, -0.15) is 0 Å². The first kappa shape index (κ1) is 18.9. The average Bonchev–Trinajstić information content (AvgIpc) is 2.58. The molecule has 0 aromatic heterocycles. The van der Waals surface area contributed by atoms with Crippen LogP contribution in [0.2, 0.25) is 10.0 Å². The summed E-state index contributed by atoms with van der Waals surface area (Å²) in [6.45, 7) is -0.0908. The summed E-state index contributed by atoms with van der Waals surface area (Å²) in [4.78, 5) is 23.2. The van der Waals surface area contributed by atoms with Gasteiger partial charge in [0.05, 0.1) is 12.1 Å². The van der Waals surface area contributed by atoms with Crippen LogP contribution in [-0.2, 0) is 11.3 Å². The number of ether oxygens (including phenoxy) is 2. The second kappa shape index (κ2) is 8.60. The summed E-state index contributed by atoms with van der Waals surface area (Å²) >= 11 is 12.2. The van der Waals surface area contributed by atoms with E-state index in [9.17, 15) is 9.59 Å². The topological polar surface area (TPSA) is 90.7 Å². The van der Waals surface area contributed by atoms with Gasteiger partial charge in [-0.05, 0) is 23.8 Å². The van der Waals surface area contributed by atoms with Gasteiger partial charge in [0, 0.05) is 17.1 Å². The van der Waals surface area contributed by atoms with Gasteiger partial charge in [0.2, 0.25) is 0 Å². The third-order valence-corrected chi connectivity index (χ3v) is 3.90. The van der Waals surface area contributed by atoms with Crippen molar-refractivity contribution in [2.24, 2.45) is 5.73 Å². The molecule has 6 nitrogen and oxygen atoms in total. The predicted octanol–water partition coefficient (Wildman–Crippen LogP) is 2.80. The van der Waals surface area contributed by atoms with Crippen molar-refractivity contribution in [2.75, 3.05) is 13.7 Å². The lowest BCUT2D eigenvalue weighted by atomic mass is 10.1. The summed E-state index contributed by atoms with van der Waals surface area (Å²) in [7, 11) is 1.40. The minimum atomic E-state index is -0.653. The van der Waals surface area contributed by atoms with E-state index in [0.29, 0.717) is 5.02 Å². The standard InChI is InChI=1S/C17H16Cl2N2O4/c1-24-14-7-11(6-13(19)16(14)25-9-15(20)22)17(23)21-8-10-4-2-3-5-12(10)18/h2-7H,8-9H2,1H3,(H2,20,22)(H,21,23). The maximum absolute atomic E-state index is 12.3. The Morgan fingerprint density at radius 2 is 1.88 bits per heavy atom. The van der Waals surface area contributed by atoms with E-state index in [2.05, 4.69) is 5.32 Å². The van der Waals surface area contributed by atoms with Crippen LogP contribution in [0.3, 0.4) is 0 Å². The summed E-state index contributed by atoms with van der Waals surface area (Å²) in [5, 5.41) is 3.44. The molecule has 0 radical (unpaired) electrons. The highest BCUT2D eigenvalue weighted by molar-refractivity contribution is 6.32. The Morgan fingerprint density at radius 3 is 2.52 bits per heavy atom. The third kappa shape index (κ3) is 5.01. The molecule has 0 saturated carbocycles. The van der Waals surface area contributed by atoms with Crippen LogP contribution in [0.1, 0.15) is 15.9 Å². The van der Waals surface area contributed by atoms with E-state index in [-0.39, 0.29) is 41.1 Å². The summed E-state index contributed by atoms with van der Waals surface area (Å²) in [6, 6.07) is 10.1. The molecule has 25 heavy (non-hydrogen) atoms. The fourth-order valence-corrected chi connectivity index (χ4v) is 2.52. The van der Waals surface area contributed by atoms with Crippen LogP contribution in [-0.4, -0.2) is 25.5 Å². The zero-order valence-electron chi connectivity index (χ0n) is 13.3. The van der Waals surface area contributed by atoms with E-state index >= 15 is 0 Å². The molecule has 0 spiro atoms. The number of hydrogen-bond donors (Lipinski definition) is 2. The fourth-order valence-electron chi connectivity index (χ4n) is 2.05. The zero-order chi connectivity index (χ0) is 18.4. The number of halogens is 2. The van der Waals surface area contributed by atoms with Crippen molar-refractivity contribution in [3.05, 3.63) is 57.6 Å². The first-order valence-corrected chi connectivity index (χ1v) is 7.98. The minimum Gasteiger partial charge on any atom is -0.493 e. The maximum atomic E-state index is 12.3. The zero-order valence-corrected chi connectivity index (χ0v) is 14.9. The van der Waals surface area contributed by atoms with Crippen LogP contribution < -0.4 is 20.5 Å². The highest BCUT2D eigenvalue weighted by atomic mass is 35.5. The lowest BCUT2D eigenvalue weighted by Crippen LogP contribution is -2.23. The first-order chi connectivity index (χ1) is 11.9. The van der Waals surface area contributed by atoms with Gasteiger partial charge in [0.25, 0.3) is 11.8 Å². The smallest absolute Gasteiger partial charge is 0.255 e. The quantitative estimate of drug-likeness (QED) is 0.769. The van der Waals surface area contributed by atoms with E-state index in [0.717, 1.165) is 5.56 Å². The molecule has 0 saturated heterocycles. The molecule has 2 rings (SSSR count). The molecule has 0 atom stereocenters. The normalized spacial score (nSPS) is 10.2. The maximum Gasteiger partial charge on any atom is 0.255 e. The van der Waals surface area contributed by atoms with Crippen LogP contribution in [0.15, 0.2) is 36.4 Å². The number of carbonyl (C=O) groups is 2. The van der Waals surface area contributed by atoms with Crippen LogP contribution >= 0.6 is 23.2 Å².